The predicted molar refractivity (Wildman–Crippen MR) is 92.0 cm³/mol. The van der Waals surface area contributed by atoms with Crippen LogP contribution in [0.2, 0.25) is 0 Å². The minimum absolute atomic E-state index is 0.0196. The maximum atomic E-state index is 13.5. The topological polar surface area (TPSA) is 116 Å². The number of rotatable bonds is 5. The summed E-state index contributed by atoms with van der Waals surface area (Å²) in [7, 11) is 1.41. The molecule has 1 aromatic carbocycles. The van der Waals surface area contributed by atoms with Crippen LogP contribution in [0.4, 0.5) is 29.2 Å². The Hall–Kier alpha value is -3.54. The number of amides is 1. The zero-order valence-electron chi connectivity index (χ0n) is 14.7. The molecule has 2 heterocycles. The van der Waals surface area contributed by atoms with Gasteiger partial charge in [0.1, 0.15) is 29.0 Å². The Labute approximate surface area is 160 Å². The first-order chi connectivity index (χ1) is 13.7. The van der Waals surface area contributed by atoms with Gasteiger partial charge in [-0.25, -0.2) is 14.4 Å². The first-order valence-electron chi connectivity index (χ1n) is 7.94. The number of hydrogen-bond acceptors (Lipinski definition) is 7. The van der Waals surface area contributed by atoms with Gasteiger partial charge in [-0.15, -0.1) is 0 Å². The Balaban J connectivity index is 1.91. The highest BCUT2D eigenvalue weighted by molar-refractivity contribution is 6.04. The van der Waals surface area contributed by atoms with E-state index < -0.39 is 34.8 Å². The second kappa shape index (κ2) is 7.83. The average Bonchev–Trinajstić information content (AvgIpc) is 3.09. The second-order valence-electron chi connectivity index (χ2n) is 5.74. The lowest BCUT2D eigenvalue weighted by atomic mass is 10.0. The predicted octanol–water partition coefficient (Wildman–Crippen LogP) is 3.27. The molecule has 29 heavy (non-hydrogen) atoms. The van der Waals surface area contributed by atoms with Gasteiger partial charge >= 0.3 is 6.18 Å². The number of ether oxygens (including phenoxy) is 1. The number of alkyl halides is 3. The third kappa shape index (κ3) is 4.32. The second-order valence-corrected chi connectivity index (χ2v) is 5.74. The summed E-state index contributed by atoms with van der Waals surface area (Å²) >= 11 is 0. The molecule has 0 radical (unpaired) electrons. The quantitative estimate of drug-likeness (QED) is 0.619. The molecule has 3 N–H and O–H groups in total. The van der Waals surface area contributed by atoms with Crippen LogP contribution >= 0.6 is 0 Å². The van der Waals surface area contributed by atoms with Gasteiger partial charge in [0, 0.05) is 12.7 Å². The molecule has 152 valence electrons. The molecule has 0 fully saturated rings. The molecule has 0 saturated heterocycles. The van der Waals surface area contributed by atoms with E-state index in [1.807, 2.05) is 0 Å². The molecular formula is C17H13F4N5O3. The van der Waals surface area contributed by atoms with Crippen molar-refractivity contribution in [1.82, 2.24) is 15.1 Å². The Morgan fingerprint density at radius 3 is 2.76 bits per heavy atom. The summed E-state index contributed by atoms with van der Waals surface area (Å²) in [5, 5.41) is 5.99. The summed E-state index contributed by atoms with van der Waals surface area (Å²) in [6, 6.07) is 1.93. The molecule has 0 aliphatic heterocycles. The van der Waals surface area contributed by atoms with E-state index in [9.17, 15) is 22.4 Å². The molecule has 12 heteroatoms. The fraction of sp³-hybridized carbons (Fsp3) is 0.176. The minimum Gasteiger partial charge on any atom is -0.382 e. The van der Waals surface area contributed by atoms with Crippen LogP contribution in [0.1, 0.15) is 21.6 Å². The molecule has 3 aromatic rings. The molecule has 0 aliphatic carbocycles. The molecular weight excluding hydrogens is 398 g/mol. The largest absolute Gasteiger partial charge is 0.417 e. The van der Waals surface area contributed by atoms with E-state index in [1.54, 1.807) is 0 Å². The maximum Gasteiger partial charge on any atom is 0.417 e. The highest BCUT2D eigenvalue weighted by atomic mass is 19.4. The normalized spacial score (nSPS) is 11.5. The standard InChI is InChI=1S/C17H13F4N5O3/c1-28-7-12-10(6-29-26-12)16(27)25-13-5-23-14(15(22)24-13)9-4-8(18)2-3-11(9)17(19,20)21/h2-6H,7H2,1H3,(H3,22,24,25,27). The molecule has 0 saturated carbocycles. The van der Waals surface area contributed by atoms with E-state index in [0.717, 1.165) is 12.5 Å². The monoisotopic (exact) mass is 411 g/mol. The van der Waals surface area contributed by atoms with Crippen molar-refractivity contribution in [2.75, 3.05) is 18.2 Å². The number of benzene rings is 1. The van der Waals surface area contributed by atoms with E-state index in [4.69, 9.17) is 15.0 Å². The third-order valence-electron chi connectivity index (χ3n) is 3.75. The number of nitrogen functional groups attached to an aromatic ring is 1. The molecule has 0 atom stereocenters. The van der Waals surface area contributed by atoms with Gasteiger partial charge < -0.3 is 20.3 Å². The summed E-state index contributed by atoms with van der Waals surface area (Å²) in [6.07, 6.45) is -2.66. The van der Waals surface area contributed by atoms with Gasteiger partial charge in [-0.3, -0.25) is 4.79 Å². The van der Waals surface area contributed by atoms with Crippen molar-refractivity contribution in [2.45, 2.75) is 12.8 Å². The van der Waals surface area contributed by atoms with Crippen LogP contribution in [0.3, 0.4) is 0 Å². The lowest BCUT2D eigenvalue weighted by Crippen LogP contribution is -2.16. The fourth-order valence-corrected chi connectivity index (χ4v) is 2.50. The van der Waals surface area contributed by atoms with Crippen LogP contribution < -0.4 is 11.1 Å². The maximum absolute atomic E-state index is 13.5. The van der Waals surface area contributed by atoms with E-state index in [0.29, 0.717) is 18.2 Å². The van der Waals surface area contributed by atoms with Crippen molar-refractivity contribution in [2.24, 2.45) is 0 Å². The number of hydrogen-bond donors (Lipinski definition) is 2. The van der Waals surface area contributed by atoms with Crippen LogP contribution in [0.5, 0.6) is 0 Å². The van der Waals surface area contributed by atoms with Crippen LogP contribution in [0.25, 0.3) is 11.3 Å². The van der Waals surface area contributed by atoms with Crippen LogP contribution in [-0.4, -0.2) is 28.1 Å². The molecule has 3 rings (SSSR count). The van der Waals surface area contributed by atoms with Crippen molar-refractivity contribution in [3.8, 4) is 11.3 Å². The SMILES string of the molecule is COCc1nocc1C(=O)Nc1cnc(-c2cc(F)ccc2C(F)(F)F)c(N)n1. The molecule has 2 aromatic heterocycles. The van der Waals surface area contributed by atoms with Gasteiger partial charge in [0.25, 0.3) is 5.91 Å². The van der Waals surface area contributed by atoms with Crippen LogP contribution in [-0.2, 0) is 17.5 Å². The summed E-state index contributed by atoms with van der Waals surface area (Å²) in [5.74, 6) is -2.13. The Morgan fingerprint density at radius 1 is 1.34 bits per heavy atom. The summed E-state index contributed by atoms with van der Waals surface area (Å²) in [5.41, 5.74) is 3.96. The number of halogens is 4. The number of carbonyl (C=O) groups excluding carboxylic acids is 1. The van der Waals surface area contributed by atoms with Crippen molar-refractivity contribution in [3.63, 3.8) is 0 Å². The lowest BCUT2D eigenvalue weighted by molar-refractivity contribution is -0.137. The van der Waals surface area contributed by atoms with Crippen molar-refractivity contribution in [1.29, 1.82) is 0 Å². The fourth-order valence-electron chi connectivity index (χ4n) is 2.50. The molecule has 0 aliphatic rings. The van der Waals surface area contributed by atoms with Crippen molar-refractivity contribution >= 4 is 17.5 Å². The van der Waals surface area contributed by atoms with Crippen LogP contribution in [0, 0.1) is 5.82 Å². The first kappa shape index (κ1) is 20.2. The smallest absolute Gasteiger partial charge is 0.382 e. The highest BCUT2D eigenvalue weighted by Gasteiger charge is 2.35. The van der Waals surface area contributed by atoms with E-state index in [2.05, 4.69) is 20.4 Å². The number of anilines is 2. The molecule has 8 nitrogen and oxygen atoms in total. The number of methoxy groups -OCH3 is 1. The zero-order chi connectivity index (χ0) is 21.2. The number of aromatic nitrogens is 3. The Morgan fingerprint density at radius 2 is 2.10 bits per heavy atom. The molecule has 1 amide bonds. The Kier molecular flexibility index (Phi) is 5.46. The number of carbonyl (C=O) groups is 1. The first-order valence-corrected chi connectivity index (χ1v) is 7.94. The van der Waals surface area contributed by atoms with E-state index in [-0.39, 0.29) is 29.4 Å². The number of nitrogens with two attached hydrogens (primary N) is 1. The van der Waals surface area contributed by atoms with Gasteiger partial charge in [-0.2, -0.15) is 13.2 Å². The zero-order valence-corrected chi connectivity index (χ0v) is 14.7. The van der Waals surface area contributed by atoms with Crippen molar-refractivity contribution < 1.29 is 31.6 Å². The van der Waals surface area contributed by atoms with E-state index in [1.165, 1.54) is 7.11 Å². The highest BCUT2D eigenvalue weighted by Crippen LogP contribution is 2.38. The summed E-state index contributed by atoms with van der Waals surface area (Å²) in [6.45, 7) is 0.0196. The molecule has 0 spiro atoms. The van der Waals surface area contributed by atoms with Gasteiger partial charge in [-0.1, -0.05) is 5.16 Å². The van der Waals surface area contributed by atoms with Crippen molar-refractivity contribution in [3.05, 3.63) is 53.3 Å². The summed E-state index contributed by atoms with van der Waals surface area (Å²) in [4.78, 5) is 20.0. The van der Waals surface area contributed by atoms with E-state index >= 15 is 0 Å². The number of nitrogens with one attached hydrogen (secondary N) is 1. The van der Waals surface area contributed by atoms with Gasteiger partial charge in [-0.05, 0) is 18.2 Å². The van der Waals surface area contributed by atoms with Gasteiger partial charge in [0.05, 0.1) is 18.4 Å². The third-order valence-corrected chi connectivity index (χ3v) is 3.75. The molecule has 0 unspecified atom stereocenters. The minimum atomic E-state index is -4.75. The number of nitrogens with zero attached hydrogens (tertiary/aromatic N) is 3. The van der Waals surface area contributed by atoms with Gasteiger partial charge in [0.15, 0.2) is 11.6 Å². The van der Waals surface area contributed by atoms with Crippen LogP contribution in [0.15, 0.2) is 35.2 Å². The average molecular weight is 411 g/mol. The van der Waals surface area contributed by atoms with Gasteiger partial charge in [0.2, 0.25) is 0 Å². The molecule has 0 bridgehead atoms. The lowest BCUT2D eigenvalue weighted by Gasteiger charge is -2.14. The Bertz CT molecular complexity index is 1050. The summed E-state index contributed by atoms with van der Waals surface area (Å²) < 4.78 is 62.8.